The summed E-state index contributed by atoms with van der Waals surface area (Å²) in [6.45, 7) is 0. The Morgan fingerprint density at radius 2 is 1.67 bits per heavy atom. The SMILES string of the molecule is OC(c1ccccc1)c1ccc(C(F)(F)F)cn1. The van der Waals surface area contributed by atoms with Crippen molar-refractivity contribution in [3.05, 3.63) is 65.5 Å². The van der Waals surface area contributed by atoms with Crippen molar-refractivity contribution in [2.45, 2.75) is 12.3 Å². The van der Waals surface area contributed by atoms with Gasteiger partial charge in [-0.2, -0.15) is 13.2 Å². The Hall–Kier alpha value is -1.88. The van der Waals surface area contributed by atoms with Gasteiger partial charge < -0.3 is 5.11 Å². The number of alkyl halides is 3. The monoisotopic (exact) mass is 253 g/mol. The second kappa shape index (κ2) is 4.78. The summed E-state index contributed by atoms with van der Waals surface area (Å²) < 4.78 is 37.0. The van der Waals surface area contributed by atoms with E-state index in [1.807, 2.05) is 0 Å². The van der Waals surface area contributed by atoms with Crippen LogP contribution in [0.1, 0.15) is 22.9 Å². The van der Waals surface area contributed by atoms with Gasteiger partial charge in [-0.25, -0.2) is 0 Å². The van der Waals surface area contributed by atoms with E-state index in [0.29, 0.717) is 5.56 Å². The lowest BCUT2D eigenvalue weighted by molar-refractivity contribution is -0.137. The zero-order chi connectivity index (χ0) is 13.2. The number of hydrogen-bond acceptors (Lipinski definition) is 2. The summed E-state index contributed by atoms with van der Waals surface area (Å²) in [4.78, 5) is 3.65. The molecule has 0 bridgehead atoms. The molecule has 1 unspecified atom stereocenters. The molecular formula is C13H10F3NO. The first kappa shape index (κ1) is 12.6. The van der Waals surface area contributed by atoms with E-state index in [1.54, 1.807) is 30.3 Å². The minimum atomic E-state index is -4.41. The summed E-state index contributed by atoms with van der Waals surface area (Å²) >= 11 is 0. The van der Waals surface area contributed by atoms with Gasteiger partial charge in [0.05, 0.1) is 11.3 Å². The van der Waals surface area contributed by atoms with Crippen LogP contribution in [0.25, 0.3) is 0 Å². The third-order valence-corrected chi connectivity index (χ3v) is 2.51. The highest BCUT2D eigenvalue weighted by atomic mass is 19.4. The number of aliphatic hydroxyl groups excluding tert-OH is 1. The molecule has 2 nitrogen and oxygen atoms in total. The van der Waals surface area contributed by atoms with Gasteiger partial charge in [-0.05, 0) is 17.7 Å². The molecule has 0 amide bonds. The summed E-state index contributed by atoms with van der Waals surface area (Å²) in [7, 11) is 0. The molecule has 1 atom stereocenters. The summed E-state index contributed by atoms with van der Waals surface area (Å²) in [5.41, 5.74) is -0.0505. The average molecular weight is 253 g/mol. The molecule has 0 spiro atoms. The van der Waals surface area contributed by atoms with Gasteiger partial charge in [0, 0.05) is 6.20 Å². The van der Waals surface area contributed by atoms with Gasteiger partial charge in [-0.1, -0.05) is 30.3 Å². The normalized spacial score (nSPS) is 13.3. The van der Waals surface area contributed by atoms with Crippen molar-refractivity contribution in [2.24, 2.45) is 0 Å². The fourth-order valence-electron chi connectivity index (χ4n) is 1.54. The first-order valence-corrected chi connectivity index (χ1v) is 5.24. The molecule has 0 aliphatic heterocycles. The average Bonchev–Trinajstić information content (AvgIpc) is 2.38. The van der Waals surface area contributed by atoms with Crippen molar-refractivity contribution in [2.75, 3.05) is 0 Å². The van der Waals surface area contributed by atoms with Gasteiger partial charge in [0.1, 0.15) is 6.10 Å². The van der Waals surface area contributed by atoms with Crippen LogP contribution >= 0.6 is 0 Å². The quantitative estimate of drug-likeness (QED) is 0.891. The molecule has 1 aromatic heterocycles. The highest BCUT2D eigenvalue weighted by molar-refractivity contribution is 5.27. The lowest BCUT2D eigenvalue weighted by Gasteiger charge is -2.11. The van der Waals surface area contributed by atoms with Crippen LogP contribution in [0.2, 0.25) is 0 Å². The van der Waals surface area contributed by atoms with Crippen molar-refractivity contribution in [1.82, 2.24) is 4.98 Å². The van der Waals surface area contributed by atoms with E-state index < -0.39 is 17.8 Å². The standard InChI is InChI=1S/C13H10F3NO/c14-13(15,16)10-6-7-11(17-8-10)12(18)9-4-2-1-3-5-9/h1-8,12,18H. The number of benzene rings is 1. The lowest BCUT2D eigenvalue weighted by atomic mass is 10.1. The van der Waals surface area contributed by atoms with E-state index in [9.17, 15) is 18.3 Å². The third kappa shape index (κ3) is 2.68. The molecule has 1 aromatic carbocycles. The molecule has 1 N–H and O–H groups in total. The van der Waals surface area contributed by atoms with Crippen LogP contribution in [0.5, 0.6) is 0 Å². The molecule has 94 valence electrons. The maximum absolute atomic E-state index is 12.3. The van der Waals surface area contributed by atoms with Crippen LogP contribution in [0.3, 0.4) is 0 Å². The van der Waals surface area contributed by atoms with Crippen LogP contribution in [0, 0.1) is 0 Å². The Labute approximate surface area is 102 Å². The molecule has 2 aromatic rings. The summed E-state index contributed by atoms with van der Waals surface area (Å²) in [6.07, 6.45) is -4.71. The van der Waals surface area contributed by atoms with Crippen LogP contribution in [0.4, 0.5) is 13.2 Å². The Morgan fingerprint density at radius 3 is 2.17 bits per heavy atom. The molecule has 5 heteroatoms. The second-order valence-electron chi connectivity index (χ2n) is 3.78. The van der Waals surface area contributed by atoms with Gasteiger partial charge in [0.2, 0.25) is 0 Å². The topological polar surface area (TPSA) is 33.1 Å². The molecule has 0 saturated heterocycles. The minimum absolute atomic E-state index is 0.189. The minimum Gasteiger partial charge on any atom is -0.382 e. The molecule has 0 fully saturated rings. The maximum Gasteiger partial charge on any atom is 0.417 e. The van der Waals surface area contributed by atoms with E-state index >= 15 is 0 Å². The number of halogens is 3. The Kier molecular flexibility index (Phi) is 3.34. The van der Waals surface area contributed by atoms with Crippen molar-refractivity contribution in [3.8, 4) is 0 Å². The fourth-order valence-corrected chi connectivity index (χ4v) is 1.54. The van der Waals surface area contributed by atoms with Crippen LogP contribution in [-0.2, 0) is 6.18 Å². The Morgan fingerprint density at radius 1 is 1.00 bits per heavy atom. The predicted octanol–water partition coefficient (Wildman–Crippen LogP) is 3.18. The number of hydrogen-bond donors (Lipinski definition) is 1. The van der Waals surface area contributed by atoms with Crippen molar-refractivity contribution in [1.29, 1.82) is 0 Å². The fraction of sp³-hybridized carbons (Fsp3) is 0.154. The van der Waals surface area contributed by atoms with Crippen molar-refractivity contribution < 1.29 is 18.3 Å². The van der Waals surface area contributed by atoms with Crippen molar-refractivity contribution in [3.63, 3.8) is 0 Å². The van der Waals surface area contributed by atoms with E-state index in [0.717, 1.165) is 12.3 Å². The zero-order valence-electron chi connectivity index (χ0n) is 9.22. The predicted molar refractivity (Wildman–Crippen MR) is 59.7 cm³/mol. The van der Waals surface area contributed by atoms with Gasteiger partial charge in [-0.3, -0.25) is 4.98 Å². The molecule has 0 aliphatic rings. The second-order valence-corrected chi connectivity index (χ2v) is 3.78. The van der Waals surface area contributed by atoms with Gasteiger partial charge in [0.25, 0.3) is 0 Å². The molecular weight excluding hydrogens is 243 g/mol. The first-order valence-electron chi connectivity index (χ1n) is 5.24. The van der Waals surface area contributed by atoms with Crippen molar-refractivity contribution >= 4 is 0 Å². The summed E-state index contributed by atoms with van der Waals surface area (Å²) in [5, 5.41) is 9.94. The number of rotatable bonds is 2. The smallest absolute Gasteiger partial charge is 0.382 e. The van der Waals surface area contributed by atoms with Gasteiger partial charge >= 0.3 is 6.18 Å². The molecule has 0 saturated carbocycles. The summed E-state index contributed by atoms with van der Waals surface area (Å²) in [6, 6.07) is 10.7. The zero-order valence-corrected chi connectivity index (χ0v) is 9.22. The number of aromatic nitrogens is 1. The third-order valence-electron chi connectivity index (χ3n) is 2.51. The molecule has 0 radical (unpaired) electrons. The number of pyridine rings is 1. The first-order chi connectivity index (χ1) is 8.48. The lowest BCUT2D eigenvalue weighted by Crippen LogP contribution is -2.08. The molecule has 18 heavy (non-hydrogen) atoms. The van der Waals surface area contributed by atoms with Crippen LogP contribution in [0.15, 0.2) is 48.7 Å². The highest BCUT2D eigenvalue weighted by Crippen LogP contribution is 2.29. The van der Waals surface area contributed by atoms with E-state index in [2.05, 4.69) is 4.98 Å². The van der Waals surface area contributed by atoms with Gasteiger partial charge in [-0.15, -0.1) is 0 Å². The Bertz CT molecular complexity index is 508. The largest absolute Gasteiger partial charge is 0.417 e. The van der Waals surface area contributed by atoms with Crippen LogP contribution < -0.4 is 0 Å². The van der Waals surface area contributed by atoms with E-state index in [-0.39, 0.29) is 5.69 Å². The maximum atomic E-state index is 12.3. The summed E-state index contributed by atoms with van der Waals surface area (Å²) in [5.74, 6) is 0. The number of aliphatic hydroxyl groups is 1. The Balaban J connectivity index is 2.25. The highest BCUT2D eigenvalue weighted by Gasteiger charge is 2.30. The van der Waals surface area contributed by atoms with Gasteiger partial charge in [0.15, 0.2) is 0 Å². The van der Waals surface area contributed by atoms with E-state index in [4.69, 9.17) is 0 Å². The van der Waals surface area contributed by atoms with Crippen LogP contribution in [-0.4, -0.2) is 10.1 Å². The molecule has 0 aliphatic carbocycles. The molecule has 1 heterocycles. The van der Waals surface area contributed by atoms with E-state index in [1.165, 1.54) is 6.07 Å². The number of nitrogens with zero attached hydrogens (tertiary/aromatic N) is 1. The molecule has 2 rings (SSSR count).